The summed E-state index contributed by atoms with van der Waals surface area (Å²) in [5, 5.41) is 10.7. The van der Waals surface area contributed by atoms with E-state index in [-0.39, 0.29) is 11.4 Å². The predicted octanol–water partition coefficient (Wildman–Crippen LogP) is 2.24. The summed E-state index contributed by atoms with van der Waals surface area (Å²) < 4.78 is 53.2. The molecule has 9 heteroatoms. The number of hydrogen-bond acceptors (Lipinski definition) is 4. The first-order valence-electron chi connectivity index (χ1n) is 6.27. The molecule has 1 heterocycles. The van der Waals surface area contributed by atoms with E-state index in [1.54, 1.807) is 0 Å². The maximum atomic E-state index is 13.8. The van der Waals surface area contributed by atoms with E-state index in [0.717, 1.165) is 6.07 Å². The lowest BCUT2D eigenvalue weighted by Crippen LogP contribution is -2.09. The second-order valence-corrected chi connectivity index (χ2v) is 4.41. The lowest BCUT2D eigenvalue weighted by Gasteiger charge is -2.10. The van der Waals surface area contributed by atoms with Gasteiger partial charge in [0.2, 0.25) is 0 Å². The molecule has 0 aliphatic carbocycles. The maximum absolute atomic E-state index is 13.8. The van der Waals surface area contributed by atoms with Crippen LogP contribution < -0.4 is 5.73 Å². The average Bonchev–Trinajstić information content (AvgIpc) is 2.86. The van der Waals surface area contributed by atoms with Crippen molar-refractivity contribution in [2.24, 2.45) is 5.73 Å². The highest BCUT2D eigenvalue weighted by atomic mass is 19.4. The van der Waals surface area contributed by atoms with Gasteiger partial charge < -0.3 is 5.73 Å². The molecule has 21 heavy (non-hydrogen) atoms. The summed E-state index contributed by atoms with van der Waals surface area (Å²) in [5.41, 5.74) is 4.14. The minimum atomic E-state index is -4.56. The van der Waals surface area contributed by atoms with Crippen molar-refractivity contribution in [1.82, 2.24) is 20.2 Å². The van der Waals surface area contributed by atoms with E-state index in [0.29, 0.717) is 38.1 Å². The summed E-state index contributed by atoms with van der Waals surface area (Å²) in [6.07, 6.45) is -3.19. The fraction of sp³-hybridized carbons (Fsp3) is 0.417. The largest absolute Gasteiger partial charge is 0.416 e. The Morgan fingerprint density at radius 1 is 1.19 bits per heavy atom. The van der Waals surface area contributed by atoms with E-state index >= 15 is 0 Å². The first-order chi connectivity index (χ1) is 9.93. The van der Waals surface area contributed by atoms with Gasteiger partial charge in [0, 0.05) is 6.54 Å². The topological polar surface area (TPSA) is 69.6 Å². The van der Waals surface area contributed by atoms with Gasteiger partial charge in [-0.25, -0.2) is 9.07 Å². The number of unbranched alkanes of at least 4 members (excludes halogenated alkanes) is 1. The average molecular weight is 303 g/mol. The molecule has 0 atom stereocenters. The van der Waals surface area contributed by atoms with E-state index in [9.17, 15) is 17.6 Å². The van der Waals surface area contributed by atoms with Crippen LogP contribution in [-0.2, 0) is 12.7 Å². The fourth-order valence-corrected chi connectivity index (χ4v) is 1.83. The molecule has 0 saturated carbocycles. The normalized spacial score (nSPS) is 11.9. The number of benzene rings is 1. The van der Waals surface area contributed by atoms with Gasteiger partial charge in [0.15, 0.2) is 5.82 Å². The zero-order valence-electron chi connectivity index (χ0n) is 10.9. The third-order valence-corrected chi connectivity index (χ3v) is 2.89. The molecule has 0 aliphatic heterocycles. The monoisotopic (exact) mass is 303 g/mol. The van der Waals surface area contributed by atoms with Crippen molar-refractivity contribution in [3.8, 4) is 11.4 Å². The molecule has 0 saturated heterocycles. The van der Waals surface area contributed by atoms with Gasteiger partial charge in [0.05, 0.1) is 11.1 Å². The molecular formula is C12H13F4N5. The molecule has 0 aliphatic rings. The maximum Gasteiger partial charge on any atom is 0.416 e. The van der Waals surface area contributed by atoms with Gasteiger partial charge >= 0.3 is 6.18 Å². The molecule has 0 amide bonds. The molecular weight excluding hydrogens is 290 g/mol. The van der Waals surface area contributed by atoms with Crippen LogP contribution in [-0.4, -0.2) is 26.8 Å². The Hall–Kier alpha value is -2.03. The van der Waals surface area contributed by atoms with E-state index in [1.807, 2.05) is 0 Å². The van der Waals surface area contributed by atoms with Crippen molar-refractivity contribution >= 4 is 0 Å². The number of tetrazole rings is 1. The number of hydrogen-bond donors (Lipinski definition) is 1. The Kier molecular flexibility index (Phi) is 4.51. The van der Waals surface area contributed by atoms with Crippen molar-refractivity contribution in [3.05, 3.63) is 29.6 Å². The van der Waals surface area contributed by atoms with Crippen LogP contribution in [0.25, 0.3) is 11.4 Å². The number of aromatic nitrogens is 4. The molecule has 2 aromatic rings. The molecule has 5 nitrogen and oxygen atoms in total. The fourth-order valence-electron chi connectivity index (χ4n) is 1.83. The SMILES string of the molecule is NCCCCn1nnnc1-c1cc(C(F)(F)F)ccc1F. The Labute approximate surface area is 117 Å². The standard InChI is InChI=1S/C12H13F4N5/c13-10-4-3-8(12(14,15)16)7-9(10)11-18-19-20-21(11)6-2-1-5-17/h3-4,7H,1-2,5-6,17H2. The molecule has 2 N–H and O–H groups in total. The van der Waals surface area contributed by atoms with Crippen molar-refractivity contribution in [2.45, 2.75) is 25.6 Å². The summed E-state index contributed by atoms with van der Waals surface area (Å²) in [4.78, 5) is 0. The van der Waals surface area contributed by atoms with Crippen molar-refractivity contribution in [1.29, 1.82) is 0 Å². The Balaban J connectivity index is 2.36. The zero-order chi connectivity index (χ0) is 15.5. The van der Waals surface area contributed by atoms with E-state index in [1.165, 1.54) is 4.68 Å². The van der Waals surface area contributed by atoms with Crippen LogP contribution in [0.3, 0.4) is 0 Å². The molecule has 2 rings (SSSR count). The van der Waals surface area contributed by atoms with Crippen LogP contribution in [0, 0.1) is 5.82 Å². The van der Waals surface area contributed by atoms with E-state index in [4.69, 9.17) is 5.73 Å². The first-order valence-corrected chi connectivity index (χ1v) is 6.27. The predicted molar refractivity (Wildman–Crippen MR) is 66.5 cm³/mol. The van der Waals surface area contributed by atoms with Crippen molar-refractivity contribution in [2.75, 3.05) is 6.54 Å². The smallest absolute Gasteiger partial charge is 0.330 e. The summed E-state index contributed by atoms with van der Waals surface area (Å²) >= 11 is 0. The van der Waals surface area contributed by atoms with Crippen LogP contribution in [0.2, 0.25) is 0 Å². The number of rotatable bonds is 5. The molecule has 0 spiro atoms. The molecule has 1 aromatic carbocycles. The van der Waals surface area contributed by atoms with Crippen LogP contribution in [0.1, 0.15) is 18.4 Å². The summed E-state index contributed by atoms with van der Waals surface area (Å²) in [6, 6.07) is 2.15. The van der Waals surface area contributed by atoms with Crippen molar-refractivity contribution < 1.29 is 17.6 Å². The molecule has 1 aromatic heterocycles. The lowest BCUT2D eigenvalue weighted by molar-refractivity contribution is -0.137. The van der Waals surface area contributed by atoms with E-state index in [2.05, 4.69) is 15.5 Å². The van der Waals surface area contributed by atoms with Gasteiger partial charge in [-0.05, 0) is 48.0 Å². The van der Waals surface area contributed by atoms with Gasteiger partial charge in [0.25, 0.3) is 0 Å². The van der Waals surface area contributed by atoms with Crippen LogP contribution in [0.5, 0.6) is 0 Å². The van der Waals surface area contributed by atoms with Crippen LogP contribution in [0.15, 0.2) is 18.2 Å². The van der Waals surface area contributed by atoms with E-state index < -0.39 is 17.6 Å². The highest BCUT2D eigenvalue weighted by Crippen LogP contribution is 2.32. The Morgan fingerprint density at radius 2 is 1.95 bits per heavy atom. The molecule has 0 unspecified atom stereocenters. The van der Waals surface area contributed by atoms with Gasteiger partial charge in [-0.15, -0.1) is 5.10 Å². The van der Waals surface area contributed by atoms with Gasteiger partial charge in [-0.1, -0.05) is 0 Å². The minimum Gasteiger partial charge on any atom is -0.330 e. The zero-order valence-corrected chi connectivity index (χ0v) is 10.9. The highest BCUT2D eigenvalue weighted by molar-refractivity contribution is 5.57. The second kappa shape index (κ2) is 6.17. The third kappa shape index (κ3) is 3.54. The summed E-state index contributed by atoms with van der Waals surface area (Å²) in [7, 11) is 0. The number of nitrogens with zero attached hydrogens (tertiary/aromatic N) is 4. The number of nitrogens with two attached hydrogens (primary N) is 1. The first kappa shape index (κ1) is 15.4. The summed E-state index contributed by atoms with van der Waals surface area (Å²) in [6.45, 7) is 0.838. The quantitative estimate of drug-likeness (QED) is 0.679. The third-order valence-electron chi connectivity index (χ3n) is 2.89. The highest BCUT2D eigenvalue weighted by Gasteiger charge is 2.31. The van der Waals surface area contributed by atoms with Crippen LogP contribution >= 0.6 is 0 Å². The second-order valence-electron chi connectivity index (χ2n) is 4.41. The van der Waals surface area contributed by atoms with Crippen LogP contribution in [0.4, 0.5) is 17.6 Å². The van der Waals surface area contributed by atoms with Gasteiger partial charge in [-0.3, -0.25) is 0 Å². The van der Waals surface area contributed by atoms with Gasteiger partial charge in [0.1, 0.15) is 5.82 Å². The number of halogens is 4. The molecule has 0 fully saturated rings. The molecule has 0 radical (unpaired) electrons. The number of alkyl halides is 3. The van der Waals surface area contributed by atoms with Crippen molar-refractivity contribution in [3.63, 3.8) is 0 Å². The lowest BCUT2D eigenvalue weighted by atomic mass is 10.1. The summed E-state index contributed by atoms with van der Waals surface area (Å²) in [5.74, 6) is -0.839. The minimum absolute atomic E-state index is 0.0318. The Bertz CT molecular complexity index is 608. The molecule has 0 bridgehead atoms. The Morgan fingerprint density at radius 3 is 2.62 bits per heavy atom. The molecule has 114 valence electrons. The number of aryl methyl sites for hydroxylation is 1. The van der Waals surface area contributed by atoms with Gasteiger partial charge in [-0.2, -0.15) is 13.2 Å².